The van der Waals surface area contributed by atoms with Gasteiger partial charge in [0.15, 0.2) is 0 Å². The van der Waals surface area contributed by atoms with Gasteiger partial charge in [0.05, 0.1) is 12.6 Å². The summed E-state index contributed by atoms with van der Waals surface area (Å²) >= 11 is 0. The van der Waals surface area contributed by atoms with Crippen LogP contribution in [0.1, 0.15) is 32.1 Å². The van der Waals surface area contributed by atoms with Gasteiger partial charge in [0.1, 0.15) is 24.4 Å². The van der Waals surface area contributed by atoms with Crippen LogP contribution in [0.2, 0.25) is 0 Å². The average molecular weight is 421 g/mol. The Balaban J connectivity index is 2.83. The van der Waals surface area contributed by atoms with Crippen molar-refractivity contribution in [3.63, 3.8) is 0 Å². The Morgan fingerprint density at radius 3 is 2.45 bits per heavy atom. The van der Waals surface area contributed by atoms with E-state index in [0.717, 1.165) is 0 Å². The number of primary amides is 1. The van der Waals surface area contributed by atoms with Crippen molar-refractivity contribution in [3.05, 3.63) is 0 Å². The van der Waals surface area contributed by atoms with Crippen LogP contribution < -0.4 is 11.5 Å². The lowest BCUT2D eigenvalue weighted by Gasteiger charge is -2.33. The summed E-state index contributed by atoms with van der Waals surface area (Å²) in [6.07, 6.45) is -3.66. The van der Waals surface area contributed by atoms with Crippen LogP contribution in [-0.4, -0.2) is 107 Å². The number of β-amino-alcohol motifs (C(OH)–C–C–N with tert-alkyl or cyclic N) is 1. The highest BCUT2D eigenvalue weighted by atomic mass is 16.5. The fourth-order valence-electron chi connectivity index (χ4n) is 2.98. The molecule has 0 aliphatic carbocycles. The van der Waals surface area contributed by atoms with Crippen LogP contribution in [-0.2, 0) is 19.1 Å². The molecule has 0 unspecified atom stereocenters. The molecule has 11 nitrogen and oxygen atoms in total. The van der Waals surface area contributed by atoms with E-state index in [1.165, 1.54) is 4.90 Å². The zero-order chi connectivity index (χ0) is 21.8. The minimum absolute atomic E-state index is 0.0486. The Morgan fingerprint density at radius 1 is 1.14 bits per heavy atom. The third-order valence-electron chi connectivity index (χ3n) is 4.80. The molecule has 0 aromatic rings. The molecule has 1 aliphatic rings. The smallest absolute Gasteiger partial charge is 0.234 e. The maximum atomic E-state index is 12.6. The highest BCUT2D eigenvalue weighted by Crippen LogP contribution is 2.14. The van der Waals surface area contributed by atoms with Crippen molar-refractivity contribution in [2.45, 2.75) is 62.6 Å². The van der Waals surface area contributed by atoms with Crippen LogP contribution in [0.15, 0.2) is 0 Å². The topological polar surface area (TPSA) is 189 Å². The van der Waals surface area contributed by atoms with Gasteiger partial charge in [0, 0.05) is 39.3 Å². The zero-order valence-corrected chi connectivity index (χ0v) is 16.7. The third kappa shape index (κ3) is 9.34. The molecule has 29 heavy (non-hydrogen) atoms. The lowest BCUT2D eigenvalue weighted by Crippen LogP contribution is -2.52. The van der Waals surface area contributed by atoms with Crippen LogP contribution in [0, 0.1) is 0 Å². The normalized spacial score (nSPS) is 27.6. The van der Waals surface area contributed by atoms with Crippen LogP contribution in [0.4, 0.5) is 0 Å². The molecular formula is C18H35N3O8. The predicted molar refractivity (Wildman–Crippen MR) is 103 cm³/mol. The van der Waals surface area contributed by atoms with E-state index >= 15 is 0 Å². The summed E-state index contributed by atoms with van der Waals surface area (Å²) in [7, 11) is 0. The number of aliphatic hydroxyl groups is 4. The van der Waals surface area contributed by atoms with Gasteiger partial charge in [-0.1, -0.05) is 0 Å². The second-order valence-corrected chi connectivity index (χ2v) is 7.20. The van der Waals surface area contributed by atoms with Crippen molar-refractivity contribution in [1.29, 1.82) is 0 Å². The van der Waals surface area contributed by atoms with Crippen LogP contribution in [0.5, 0.6) is 0 Å². The van der Waals surface area contributed by atoms with Crippen LogP contribution in [0.3, 0.4) is 0 Å². The number of carbonyl (C=O) groups excluding carboxylic acids is 2. The molecule has 170 valence electrons. The largest absolute Gasteiger partial charge is 0.394 e. The fraction of sp³-hybridized carbons (Fsp3) is 0.889. The molecule has 8 N–H and O–H groups in total. The molecule has 1 heterocycles. The second-order valence-electron chi connectivity index (χ2n) is 7.20. The monoisotopic (exact) mass is 421 g/mol. The average Bonchev–Trinajstić information content (AvgIpc) is 2.70. The van der Waals surface area contributed by atoms with Gasteiger partial charge in [-0.05, 0) is 25.7 Å². The van der Waals surface area contributed by atoms with E-state index in [1.807, 2.05) is 0 Å². The van der Waals surface area contributed by atoms with Crippen molar-refractivity contribution < 1.29 is 39.5 Å². The van der Waals surface area contributed by atoms with Crippen LogP contribution in [0.25, 0.3) is 0 Å². The quantitative estimate of drug-likeness (QED) is 0.261. The standard InChI is InChI=1S/C18H35N3O8/c19-12(18(20)27)4-5-15(25)21-6-3-8-28-7-1-2-9-29-17(14(24)11-22)16(26)13(23)10-21/h12-14,16-17,22-24,26H,1-11,19H2,(H2,20,27)/t12-,13+,14+,16+,17+/m0/s1. The van der Waals surface area contributed by atoms with Gasteiger partial charge in [0.2, 0.25) is 11.8 Å². The first-order chi connectivity index (χ1) is 13.8. The van der Waals surface area contributed by atoms with E-state index in [0.29, 0.717) is 32.5 Å². The number of hydrogen-bond donors (Lipinski definition) is 6. The molecule has 0 spiro atoms. The summed E-state index contributed by atoms with van der Waals surface area (Å²) in [6, 6.07) is -0.949. The molecule has 0 aromatic carbocycles. The summed E-state index contributed by atoms with van der Waals surface area (Å²) < 4.78 is 11.0. The lowest BCUT2D eigenvalue weighted by molar-refractivity contribution is -0.152. The summed E-state index contributed by atoms with van der Waals surface area (Å²) in [5.41, 5.74) is 10.7. The lowest BCUT2D eigenvalue weighted by atomic mass is 10.0. The number of amides is 2. The minimum Gasteiger partial charge on any atom is -0.394 e. The molecule has 2 amide bonds. The fourth-order valence-corrected chi connectivity index (χ4v) is 2.98. The number of hydrogen-bond acceptors (Lipinski definition) is 9. The SMILES string of the molecule is NC(=O)[C@@H](N)CCC(=O)N1CCCOCCCCO[C@H]([C@H](O)CO)[C@H](O)[C@H](O)C1. The highest BCUT2D eigenvalue weighted by molar-refractivity contribution is 5.81. The molecule has 0 radical (unpaired) electrons. The summed E-state index contributed by atoms with van der Waals surface area (Å²) in [5.74, 6) is -1.07. The maximum absolute atomic E-state index is 12.6. The van der Waals surface area contributed by atoms with Gasteiger partial charge >= 0.3 is 0 Å². The number of nitrogens with two attached hydrogens (primary N) is 2. The van der Waals surface area contributed by atoms with E-state index in [4.69, 9.17) is 20.9 Å². The molecule has 1 fully saturated rings. The van der Waals surface area contributed by atoms with E-state index in [-0.39, 0.29) is 38.4 Å². The van der Waals surface area contributed by atoms with Gasteiger partial charge in [-0.2, -0.15) is 0 Å². The molecule has 0 bridgehead atoms. The maximum Gasteiger partial charge on any atom is 0.234 e. The summed E-state index contributed by atoms with van der Waals surface area (Å²) in [5, 5.41) is 40.0. The zero-order valence-electron chi connectivity index (χ0n) is 16.7. The number of aliphatic hydroxyl groups excluding tert-OH is 4. The Hall–Kier alpha value is -1.34. The predicted octanol–water partition coefficient (Wildman–Crippen LogP) is -2.93. The molecule has 1 rings (SSSR count). The molecule has 5 atom stereocenters. The molecule has 1 saturated heterocycles. The first-order valence-corrected chi connectivity index (χ1v) is 9.95. The second kappa shape index (κ2) is 13.8. The Kier molecular flexibility index (Phi) is 12.2. The molecule has 0 aromatic heterocycles. The Morgan fingerprint density at radius 2 is 1.79 bits per heavy atom. The number of ether oxygens (including phenoxy) is 2. The first kappa shape index (κ1) is 25.7. The Labute approximate surface area is 170 Å². The summed E-state index contributed by atoms with van der Waals surface area (Å²) in [6.45, 7) is 0.541. The first-order valence-electron chi connectivity index (χ1n) is 9.95. The molecule has 11 heteroatoms. The number of nitrogens with zero attached hydrogens (tertiary/aromatic N) is 1. The van der Waals surface area contributed by atoms with Crippen molar-refractivity contribution in [2.24, 2.45) is 11.5 Å². The van der Waals surface area contributed by atoms with Crippen molar-refractivity contribution in [1.82, 2.24) is 4.90 Å². The molecule has 0 saturated carbocycles. The van der Waals surface area contributed by atoms with Gasteiger partial charge in [-0.25, -0.2) is 0 Å². The van der Waals surface area contributed by atoms with Crippen molar-refractivity contribution >= 4 is 11.8 Å². The van der Waals surface area contributed by atoms with E-state index in [1.54, 1.807) is 0 Å². The van der Waals surface area contributed by atoms with Crippen molar-refractivity contribution in [2.75, 3.05) is 39.5 Å². The van der Waals surface area contributed by atoms with Crippen molar-refractivity contribution in [3.8, 4) is 0 Å². The minimum atomic E-state index is -1.51. The molecule has 1 aliphatic heterocycles. The van der Waals surface area contributed by atoms with Crippen LogP contribution >= 0.6 is 0 Å². The molecular weight excluding hydrogens is 386 g/mol. The van der Waals surface area contributed by atoms with E-state index in [9.17, 15) is 30.0 Å². The number of rotatable bonds is 6. The van der Waals surface area contributed by atoms with E-state index in [2.05, 4.69) is 0 Å². The van der Waals surface area contributed by atoms with Gasteiger partial charge in [-0.3, -0.25) is 9.59 Å². The van der Waals surface area contributed by atoms with E-state index < -0.39 is 43.0 Å². The number of carbonyl (C=O) groups is 2. The Bertz CT molecular complexity index is 496. The third-order valence-corrected chi connectivity index (χ3v) is 4.80. The summed E-state index contributed by atoms with van der Waals surface area (Å²) in [4.78, 5) is 25.0. The van der Waals surface area contributed by atoms with Gasteiger partial charge in [0.25, 0.3) is 0 Å². The van der Waals surface area contributed by atoms with Gasteiger partial charge in [-0.15, -0.1) is 0 Å². The highest BCUT2D eigenvalue weighted by Gasteiger charge is 2.34. The van der Waals surface area contributed by atoms with Gasteiger partial charge < -0.3 is 46.3 Å².